The fourth-order valence-corrected chi connectivity index (χ4v) is 1.35. The molecule has 0 aliphatic carbocycles. The molecule has 2 N–H and O–H groups in total. The highest BCUT2D eigenvalue weighted by atomic mass is 19.4. The van der Waals surface area contributed by atoms with Gasteiger partial charge in [0.15, 0.2) is 0 Å². The fraction of sp³-hybridized carbons (Fsp3) is 0.364. The Morgan fingerprint density at radius 3 is 2.24 bits per heavy atom. The van der Waals surface area contributed by atoms with E-state index in [-0.39, 0.29) is 0 Å². The van der Waals surface area contributed by atoms with Gasteiger partial charge < -0.3 is 10.6 Å². The largest absolute Gasteiger partial charge is 0.405 e. The zero-order valence-electron chi connectivity index (χ0n) is 9.48. The summed E-state index contributed by atoms with van der Waals surface area (Å²) < 4.78 is 35.6. The van der Waals surface area contributed by atoms with Crippen molar-refractivity contribution in [1.29, 1.82) is 0 Å². The van der Waals surface area contributed by atoms with Crippen molar-refractivity contribution in [3.63, 3.8) is 0 Å². The number of alkyl halides is 3. The second kappa shape index (κ2) is 5.07. The van der Waals surface area contributed by atoms with Gasteiger partial charge in [-0.1, -0.05) is 18.2 Å². The van der Waals surface area contributed by atoms with E-state index in [1.54, 1.807) is 31.3 Å². The number of anilines is 1. The topological polar surface area (TPSA) is 41.1 Å². The molecule has 0 unspecified atom stereocenters. The third-order valence-electron chi connectivity index (χ3n) is 2.17. The Kier molecular flexibility index (Phi) is 3.98. The summed E-state index contributed by atoms with van der Waals surface area (Å²) in [6.07, 6.45) is -4.40. The molecule has 0 heterocycles. The van der Waals surface area contributed by atoms with Crippen LogP contribution in [0.3, 0.4) is 0 Å². The predicted octanol–water partition coefficient (Wildman–Crippen LogP) is 2.99. The smallest absolute Gasteiger partial charge is 0.329 e. The molecular formula is C11H13F3N2O. The Morgan fingerprint density at radius 2 is 1.76 bits per heavy atom. The maximum atomic E-state index is 11.9. The molecule has 0 fully saturated rings. The van der Waals surface area contributed by atoms with Crippen LogP contribution in [0.2, 0.25) is 0 Å². The maximum Gasteiger partial charge on any atom is 0.405 e. The van der Waals surface area contributed by atoms with Gasteiger partial charge in [0, 0.05) is 5.69 Å². The summed E-state index contributed by atoms with van der Waals surface area (Å²) >= 11 is 0. The highest BCUT2D eigenvalue weighted by molar-refractivity contribution is 5.90. The van der Waals surface area contributed by atoms with E-state index >= 15 is 0 Å². The van der Waals surface area contributed by atoms with E-state index in [1.165, 1.54) is 0 Å². The lowest BCUT2D eigenvalue weighted by Crippen LogP contribution is -2.36. The summed E-state index contributed by atoms with van der Waals surface area (Å²) in [5.74, 6) is 0. The van der Waals surface area contributed by atoms with E-state index in [0.717, 1.165) is 11.1 Å². The molecule has 6 heteroatoms. The fourth-order valence-electron chi connectivity index (χ4n) is 1.35. The van der Waals surface area contributed by atoms with Gasteiger partial charge >= 0.3 is 12.2 Å². The number of amides is 2. The van der Waals surface area contributed by atoms with Crippen LogP contribution in [-0.4, -0.2) is 18.8 Å². The molecule has 0 aliphatic rings. The molecule has 3 nitrogen and oxygen atoms in total. The molecule has 0 aromatic heterocycles. The Labute approximate surface area is 97.0 Å². The van der Waals surface area contributed by atoms with Crippen molar-refractivity contribution in [1.82, 2.24) is 5.32 Å². The second-order valence-corrected chi connectivity index (χ2v) is 3.69. The third kappa shape index (κ3) is 4.34. The molecule has 1 rings (SSSR count). The van der Waals surface area contributed by atoms with E-state index in [2.05, 4.69) is 5.32 Å². The number of benzene rings is 1. The van der Waals surface area contributed by atoms with E-state index in [9.17, 15) is 18.0 Å². The van der Waals surface area contributed by atoms with Gasteiger partial charge in [-0.3, -0.25) is 0 Å². The number of aryl methyl sites for hydroxylation is 2. The van der Waals surface area contributed by atoms with Crippen LogP contribution in [0.15, 0.2) is 18.2 Å². The van der Waals surface area contributed by atoms with E-state index in [4.69, 9.17) is 0 Å². The summed E-state index contributed by atoms with van der Waals surface area (Å²) in [5.41, 5.74) is 2.13. The van der Waals surface area contributed by atoms with Gasteiger partial charge in [0.1, 0.15) is 6.54 Å². The van der Waals surface area contributed by atoms with Crippen LogP contribution in [0.25, 0.3) is 0 Å². The zero-order chi connectivity index (χ0) is 13.1. The Hall–Kier alpha value is -1.72. The van der Waals surface area contributed by atoms with Crippen molar-refractivity contribution in [3.8, 4) is 0 Å². The lowest BCUT2D eigenvalue weighted by atomic mass is 10.1. The number of carbonyl (C=O) groups is 1. The first kappa shape index (κ1) is 13.3. The number of nitrogens with one attached hydrogen (secondary N) is 2. The quantitative estimate of drug-likeness (QED) is 0.827. The van der Waals surface area contributed by atoms with Crippen LogP contribution in [0.5, 0.6) is 0 Å². The van der Waals surface area contributed by atoms with E-state index in [1.807, 2.05) is 6.07 Å². The minimum atomic E-state index is -4.40. The number of para-hydroxylation sites is 1. The van der Waals surface area contributed by atoms with Crippen molar-refractivity contribution in [3.05, 3.63) is 29.3 Å². The van der Waals surface area contributed by atoms with Crippen molar-refractivity contribution in [2.45, 2.75) is 20.0 Å². The van der Waals surface area contributed by atoms with Gasteiger partial charge in [-0.15, -0.1) is 0 Å². The maximum absolute atomic E-state index is 11.9. The number of hydrogen-bond acceptors (Lipinski definition) is 1. The number of hydrogen-bond donors (Lipinski definition) is 2. The van der Waals surface area contributed by atoms with Crippen molar-refractivity contribution in [2.75, 3.05) is 11.9 Å². The Bertz CT molecular complexity index is 395. The lowest BCUT2D eigenvalue weighted by molar-refractivity contribution is -0.122. The average molecular weight is 246 g/mol. The van der Waals surface area contributed by atoms with Crippen LogP contribution in [0.4, 0.5) is 23.7 Å². The first-order valence-corrected chi connectivity index (χ1v) is 4.97. The molecule has 0 bridgehead atoms. The van der Waals surface area contributed by atoms with Gasteiger partial charge in [-0.2, -0.15) is 13.2 Å². The molecule has 1 aromatic carbocycles. The molecule has 0 atom stereocenters. The van der Waals surface area contributed by atoms with Crippen LogP contribution in [-0.2, 0) is 0 Å². The molecule has 2 amide bonds. The summed E-state index contributed by atoms with van der Waals surface area (Å²) in [6.45, 7) is 2.20. The lowest BCUT2D eigenvalue weighted by Gasteiger charge is -2.13. The zero-order valence-corrected chi connectivity index (χ0v) is 9.48. The summed E-state index contributed by atoms with van der Waals surface area (Å²) in [5, 5.41) is 4.15. The van der Waals surface area contributed by atoms with Crippen molar-refractivity contribution < 1.29 is 18.0 Å². The predicted molar refractivity (Wildman–Crippen MR) is 59.0 cm³/mol. The number of carbonyl (C=O) groups excluding carboxylic acids is 1. The van der Waals surface area contributed by atoms with E-state index < -0.39 is 18.8 Å². The molecule has 1 aromatic rings. The van der Waals surface area contributed by atoms with Crippen LogP contribution < -0.4 is 10.6 Å². The molecule has 17 heavy (non-hydrogen) atoms. The minimum absolute atomic E-state index is 0.534. The molecular weight excluding hydrogens is 233 g/mol. The average Bonchev–Trinajstić information content (AvgIpc) is 2.20. The number of halogens is 3. The van der Waals surface area contributed by atoms with E-state index in [0.29, 0.717) is 5.69 Å². The molecule has 0 spiro atoms. The Morgan fingerprint density at radius 1 is 1.24 bits per heavy atom. The minimum Gasteiger partial charge on any atom is -0.329 e. The van der Waals surface area contributed by atoms with Gasteiger partial charge in [0.25, 0.3) is 0 Å². The summed E-state index contributed by atoms with van der Waals surface area (Å²) in [7, 11) is 0. The van der Waals surface area contributed by atoms with Crippen molar-refractivity contribution in [2.24, 2.45) is 0 Å². The van der Waals surface area contributed by atoms with Crippen molar-refractivity contribution >= 4 is 11.7 Å². The first-order chi connectivity index (χ1) is 7.79. The van der Waals surface area contributed by atoms with Gasteiger partial charge in [-0.05, 0) is 25.0 Å². The summed E-state index contributed by atoms with van der Waals surface area (Å²) in [4.78, 5) is 11.2. The van der Waals surface area contributed by atoms with Gasteiger partial charge in [0.05, 0.1) is 0 Å². The molecule has 0 saturated carbocycles. The van der Waals surface area contributed by atoms with Gasteiger partial charge in [-0.25, -0.2) is 4.79 Å². The van der Waals surface area contributed by atoms with Crippen LogP contribution in [0.1, 0.15) is 11.1 Å². The standard InChI is InChI=1S/C11H13F3N2O/c1-7-4-3-5-8(2)9(7)16-10(17)15-6-11(12,13)14/h3-5H,6H2,1-2H3,(H2,15,16,17). The monoisotopic (exact) mass is 246 g/mol. The number of rotatable bonds is 2. The molecule has 0 radical (unpaired) electrons. The number of urea groups is 1. The SMILES string of the molecule is Cc1cccc(C)c1NC(=O)NCC(F)(F)F. The highest BCUT2D eigenvalue weighted by Gasteiger charge is 2.27. The normalized spacial score (nSPS) is 11.1. The second-order valence-electron chi connectivity index (χ2n) is 3.69. The summed E-state index contributed by atoms with van der Waals surface area (Å²) in [6, 6.07) is 4.49. The Balaban J connectivity index is 2.63. The highest BCUT2D eigenvalue weighted by Crippen LogP contribution is 2.19. The molecule has 0 aliphatic heterocycles. The third-order valence-corrected chi connectivity index (χ3v) is 2.17. The first-order valence-electron chi connectivity index (χ1n) is 4.97. The molecule has 94 valence electrons. The van der Waals surface area contributed by atoms with Crippen LogP contribution in [0, 0.1) is 13.8 Å². The van der Waals surface area contributed by atoms with Gasteiger partial charge in [0.2, 0.25) is 0 Å². The van der Waals surface area contributed by atoms with Crippen LogP contribution >= 0.6 is 0 Å². The molecule has 0 saturated heterocycles.